The third-order valence-electron chi connectivity index (χ3n) is 4.06. The van der Waals surface area contributed by atoms with Gasteiger partial charge in [-0.2, -0.15) is 0 Å². The second-order valence-corrected chi connectivity index (χ2v) is 6.50. The van der Waals surface area contributed by atoms with Gasteiger partial charge < -0.3 is 9.47 Å². The Morgan fingerprint density at radius 1 is 1.16 bits per heavy atom. The SMILES string of the molecule is Cc1cccc(/C=C2\Oc3c(ccc(OC(=O)C(C)C)c3C)C2=O)c1. The normalized spacial score (nSPS) is 14.6. The topological polar surface area (TPSA) is 52.6 Å². The van der Waals surface area contributed by atoms with Crippen LogP contribution in [0.2, 0.25) is 0 Å². The predicted octanol–water partition coefficient (Wildman–Crippen LogP) is 4.48. The van der Waals surface area contributed by atoms with Gasteiger partial charge in [-0.1, -0.05) is 43.7 Å². The van der Waals surface area contributed by atoms with E-state index in [1.54, 1.807) is 39.0 Å². The van der Waals surface area contributed by atoms with Crippen LogP contribution in [-0.4, -0.2) is 11.8 Å². The lowest BCUT2D eigenvalue weighted by Gasteiger charge is -2.11. The van der Waals surface area contributed by atoms with Crippen LogP contribution in [-0.2, 0) is 4.79 Å². The molecule has 0 N–H and O–H groups in total. The Hall–Kier alpha value is -2.88. The van der Waals surface area contributed by atoms with E-state index in [1.807, 2.05) is 31.2 Å². The largest absolute Gasteiger partial charge is 0.452 e. The van der Waals surface area contributed by atoms with Crippen LogP contribution in [0.1, 0.15) is 40.9 Å². The quantitative estimate of drug-likeness (QED) is 0.471. The van der Waals surface area contributed by atoms with Crippen molar-refractivity contribution in [3.8, 4) is 11.5 Å². The van der Waals surface area contributed by atoms with Gasteiger partial charge in [0.15, 0.2) is 5.76 Å². The molecule has 0 unspecified atom stereocenters. The average molecular weight is 336 g/mol. The summed E-state index contributed by atoms with van der Waals surface area (Å²) in [5.74, 6) is 0.437. The molecule has 1 aliphatic heterocycles. The zero-order chi connectivity index (χ0) is 18.1. The number of ketones is 1. The Bertz CT molecular complexity index is 891. The molecule has 0 radical (unpaired) electrons. The highest BCUT2D eigenvalue weighted by Gasteiger charge is 2.30. The van der Waals surface area contributed by atoms with Gasteiger partial charge in [0.05, 0.1) is 11.5 Å². The molecule has 2 aromatic rings. The third-order valence-corrected chi connectivity index (χ3v) is 4.06. The van der Waals surface area contributed by atoms with Crippen molar-refractivity contribution in [3.05, 3.63) is 64.4 Å². The van der Waals surface area contributed by atoms with Gasteiger partial charge in [0.1, 0.15) is 11.5 Å². The number of allylic oxidation sites excluding steroid dienone is 1. The van der Waals surface area contributed by atoms with E-state index in [1.165, 1.54) is 0 Å². The molecule has 0 spiro atoms. The lowest BCUT2D eigenvalue weighted by atomic mass is 10.1. The second kappa shape index (κ2) is 6.55. The molecule has 0 aliphatic carbocycles. The first-order chi connectivity index (χ1) is 11.9. The number of benzene rings is 2. The summed E-state index contributed by atoms with van der Waals surface area (Å²) in [6.45, 7) is 7.32. The van der Waals surface area contributed by atoms with E-state index in [4.69, 9.17) is 9.47 Å². The van der Waals surface area contributed by atoms with Crippen molar-refractivity contribution in [1.82, 2.24) is 0 Å². The minimum absolute atomic E-state index is 0.165. The number of Topliss-reactive ketones (excluding diaryl/α,β-unsaturated/α-hetero) is 1. The van der Waals surface area contributed by atoms with Crippen LogP contribution < -0.4 is 9.47 Å². The van der Waals surface area contributed by atoms with E-state index in [0.717, 1.165) is 11.1 Å². The highest BCUT2D eigenvalue weighted by atomic mass is 16.5. The van der Waals surface area contributed by atoms with E-state index in [2.05, 4.69) is 0 Å². The summed E-state index contributed by atoms with van der Waals surface area (Å²) < 4.78 is 11.2. The van der Waals surface area contributed by atoms with Crippen LogP contribution in [0.5, 0.6) is 11.5 Å². The Kier molecular flexibility index (Phi) is 4.45. The Morgan fingerprint density at radius 3 is 2.60 bits per heavy atom. The van der Waals surface area contributed by atoms with Crippen molar-refractivity contribution >= 4 is 17.8 Å². The molecule has 0 fully saturated rings. The van der Waals surface area contributed by atoms with Crippen LogP contribution in [0.3, 0.4) is 0 Å². The number of esters is 1. The molecule has 1 aliphatic rings. The summed E-state index contributed by atoms with van der Waals surface area (Å²) in [5.41, 5.74) is 3.14. The van der Waals surface area contributed by atoms with Crippen LogP contribution in [0.4, 0.5) is 0 Å². The molecular weight excluding hydrogens is 316 g/mol. The number of aryl methyl sites for hydroxylation is 1. The van der Waals surface area contributed by atoms with Gasteiger partial charge in [-0.15, -0.1) is 0 Å². The van der Waals surface area contributed by atoms with E-state index in [9.17, 15) is 9.59 Å². The second-order valence-electron chi connectivity index (χ2n) is 6.50. The van der Waals surface area contributed by atoms with Gasteiger partial charge in [0.25, 0.3) is 0 Å². The molecule has 0 aromatic heterocycles. The van der Waals surface area contributed by atoms with E-state index in [-0.39, 0.29) is 23.4 Å². The molecule has 0 bridgehead atoms. The highest BCUT2D eigenvalue weighted by Crippen LogP contribution is 2.39. The van der Waals surface area contributed by atoms with Crippen molar-refractivity contribution in [1.29, 1.82) is 0 Å². The molecule has 0 saturated heterocycles. The standard InChI is InChI=1S/C21H20O4/c1-12(2)21(23)25-17-9-8-16-19(22)18(24-20(16)14(17)4)11-15-7-5-6-13(3)10-15/h5-12H,1-4H3/b18-11-. The van der Waals surface area contributed by atoms with Crippen molar-refractivity contribution < 1.29 is 19.1 Å². The molecule has 4 heteroatoms. The maximum atomic E-state index is 12.6. The van der Waals surface area contributed by atoms with Gasteiger partial charge in [0, 0.05) is 5.56 Å². The Balaban J connectivity index is 1.93. The molecule has 25 heavy (non-hydrogen) atoms. The number of ether oxygens (including phenoxy) is 2. The minimum atomic E-state index is -0.317. The molecule has 4 nitrogen and oxygen atoms in total. The van der Waals surface area contributed by atoms with Gasteiger partial charge in [0.2, 0.25) is 5.78 Å². The zero-order valence-electron chi connectivity index (χ0n) is 14.8. The fraction of sp³-hybridized carbons (Fsp3) is 0.238. The fourth-order valence-electron chi connectivity index (χ4n) is 2.62. The third kappa shape index (κ3) is 3.33. The summed E-state index contributed by atoms with van der Waals surface area (Å²) in [7, 11) is 0. The molecule has 1 heterocycles. The summed E-state index contributed by atoms with van der Waals surface area (Å²) >= 11 is 0. The summed E-state index contributed by atoms with van der Waals surface area (Å²) in [6, 6.07) is 11.1. The lowest BCUT2D eigenvalue weighted by molar-refractivity contribution is -0.137. The van der Waals surface area contributed by atoms with E-state index >= 15 is 0 Å². The molecule has 0 saturated carbocycles. The van der Waals surface area contributed by atoms with Crippen LogP contribution in [0.15, 0.2) is 42.2 Å². The van der Waals surface area contributed by atoms with Crippen LogP contribution >= 0.6 is 0 Å². The van der Waals surface area contributed by atoms with Gasteiger partial charge >= 0.3 is 5.97 Å². The molecule has 128 valence electrons. The first kappa shape index (κ1) is 17.0. The average Bonchev–Trinajstić information content (AvgIpc) is 2.87. The van der Waals surface area contributed by atoms with Crippen LogP contribution in [0.25, 0.3) is 6.08 Å². The maximum absolute atomic E-state index is 12.6. The number of carbonyl (C=O) groups excluding carboxylic acids is 2. The van der Waals surface area contributed by atoms with Crippen molar-refractivity contribution in [2.45, 2.75) is 27.7 Å². The minimum Gasteiger partial charge on any atom is -0.452 e. The fourth-order valence-corrected chi connectivity index (χ4v) is 2.62. The molecule has 0 atom stereocenters. The monoisotopic (exact) mass is 336 g/mol. The summed E-state index contributed by atoms with van der Waals surface area (Å²) in [6.07, 6.45) is 1.73. The highest BCUT2D eigenvalue weighted by molar-refractivity contribution is 6.15. The number of hydrogen-bond acceptors (Lipinski definition) is 4. The van der Waals surface area contributed by atoms with Crippen molar-refractivity contribution in [2.24, 2.45) is 5.92 Å². The first-order valence-electron chi connectivity index (χ1n) is 8.23. The van der Waals surface area contributed by atoms with E-state index in [0.29, 0.717) is 22.6 Å². The maximum Gasteiger partial charge on any atom is 0.313 e. The van der Waals surface area contributed by atoms with Crippen molar-refractivity contribution in [2.75, 3.05) is 0 Å². The zero-order valence-corrected chi connectivity index (χ0v) is 14.8. The summed E-state index contributed by atoms with van der Waals surface area (Å²) in [5, 5.41) is 0. The molecule has 0 amide bonds. The van der Waals surface area contributed by atoms with E-state index < -0.39 is 0 Å². The van der Waals surface area contributed by atoms with Gasteiger partial charge in [-0.3, -0.25) is 9.59 Å². The smallest absolute Gasteiger partial charge is 0.313 e. The number of carbonyl (C=O) groups is 2. The lowest BCUT2D eigenvalue weighted by Crippen LogP contribution is -2.15. The first-order valence-corrected chi connectivity index (χ1v) is 8.23. The molecule has 3 rings (SSSR count). The number of rotatable bonds is 3. The Labute approximate surface area is 147 Å². The summed E-state index contributed by atoms with van der Waals surface area (Å²) in [4.78, 5) is 24.4. The molecule has 2 aromatic carbocycles. The van der Waals surface area contributed by atoms with Crippen molar-refractivity contribution in [3.63, 3.8) is 0 Å². The predicted molar refractivity (Wildman–Crippen MR) is 95.8 cm³/mol. The number of fused-ring (bicyclic) bond motifs is 1. The van der Waals surface area contributed by atoms with Gasteiger partial charge in [-0.25, -0.2) is 0 Å². The number of hydrogen-bond donors (Lipinski definition) is 0. The van der Waals surface area contributed by atoms with Crippen LogP contribution in [0, 0.1) is 19.8 Å². The van der Waals surface area contributed by atoms with Gasteiger partial charge in [-0.05, 0) is 37.6 Å². The Morgan fingerprint density at radius 2 is 1.92 bits per heavy atom. The molecular formula is C21H20O4.